The number of halogens is 1. The maximum Gasteiger partial charge on any atom is 0.228 e. The first-order chi connectivity index (χ1) is 11.1. The molecule has 0 saturated heterocycles. The minimum Gasteiger partial charge on any atom is -0.359 e. The summed E-state index contributed by atoms with van der Waals surface area (Å²) in [6, 6.07) is 7.60. The maximum atomic E-state index is 12.9. The number of benzene rings is 1. The third-order valence-corrected chi connectivity index (χ3v) is 6.84. The predicted octanol–water partition coefficient (Wildman–Crippen LogP) is 3.19. The quantitative estimate of drug-likeness (QED) is 0.850. The van der Waals surface area contributed by atoms with E-state index in [0.29, 0.717) is 17.3 Å². The van der Waals surface area contributed by atoms with Crippen LogP contribution in [0.3, 0.4) is 0 Å². The number of hydrogen-bond acceptors (Lipinski definition) is 2. The van der Waals surface area contributed by atoms with Crippen LogP contribution in [-0.2, 0) is 9.59 Å². The van der Waals surface area contributed by atoms with Crippen molar-refractivity contribution in [2.75, 3.05) is 12.4 Å². The Hall–Kier alpha value is -1.36. The van der Waals surface area contributed by atoms with Gasteiger partial charge in [0.05, 0.1) is 11.8 Å². The normalized spacial score (nSPS) is 32.8. The van der Waals surface area contributed by atoms with Crippen molar-refractivity contribution in [1.82, 2.24) is 5.32 Å². The van der Waals surface area contributed by atoms with Crippen molar-refractivity contribution in [2.24, 2.45) is 29.1 Å². The fourth-order valence-electron chi connectivity index (χ4n) is 5.29. The Labute approximate surface area is 144 Å². The average molecular weight is 377 g/mol. The summed E-state index contributed by atoms with van der Waals surface area (Å²) < 4.78 is 0.982. The Morgan fingerprint density at radius 2 is 1.61 bits per heavy atom. The molecule has 4 rings (SSSR count). The van der Waals surface area contributed by atoms with Gasteiger partial charge >= 0.3 is 0 Å². The molecule has 3 saturated carbocycles. The first kappa shape index (κ1) is 15.2. The highest BCUT2D eigenvalue weighted by Gasteiger charge is 2.71. The summed E-state index contributed by atoms with van der Waals surface area (Å²) in [6.07, 6.45) is 4.58. The van der Waals surface area contributed by atoms with Gasteiger partial charge in [0.2, 0.25) is 11.8 Å². The summed E-state index contributed by atoms with van der Waals surface area (Å²) in [7, 11) is 1.68. The zero-order chi connectivity index (χ0) is 16.2. The number of hydrogen-bond donors (Lipinski definition) is 2. The van der Waals surface area contributed by atoms with Gasteiger partial charge in [-0.2, -0.15) is 0 Å². The van der Waals surface area contributed by atoms with E-state index < -0.39 is 0 Å². The van der Waals surface area contributed by atoms with Crippen LogP contribution in [0.15, 0.2) is 28.7 Å². The molecule has 0 radical (unpaired) electrons. The lowest BCUT2D eigenvalue weighted by Crippen LogP contribution is -2.42. The summed E-state index contributed by atoms with van der Waals surface area (Å²) in [5.74, 6) is 0.494. The second-order valence-electron chi connectivity index (χ2n) is 7.19. The van der Waals surface area contributed by atoms with E-state index in [-0.39, 0.29) is 23.7 Å². The SMILES string of the molecule is CNC(=O)[C@@H]1[C@H](C(=O)Nc2ccc(Br)cc2)[C@@H]2CC[C@H]1C21CC1. The zero-order valence-corrected chi connectivity index (χ0v) is 14.7. The largest absolute Gasteiger partial charge is 0.359 e. The van der Waals surface area contributed by atoms with Gasteiger partial charge in [-0.05, 0) is 67.2 Å². The molecule has 0 aliphatic heterocycles. The van der Waals surface area contributed by atoms with Crippen molar-refractivity contribution in [3.05, 3.63) is 28.7 Å². The van der Waals surface area contributed by atoms with Crippen LogP contribution in [0.25, 0.3) is 0 Å². The number of carbonyl (C=O) groups excluding carboxylic acids is 2. The molecule has 4 atom stereocenters. The standard InChI is InChI=1S/C18H21BrN2O2/c1-20-16(22)14-12-6-7-13(18(12)8-9-18)15(14)17(23)21-11-4-2-10(19)3-5-11/h2-5,12-15H,6-9H2,1H3,(H,20,22)(H,21,23)/t12-,13+,14+,15-/m1/s1. The van der Waals surface area contributed by atoms with E-state index in [0.717, 1.165) is 23.0 Å². The Morgan fingerprint density at radius 3 is 2.13 bits per heavy atom. The third-order valence-electron chi connectivity index (χ3n) is 6.31. The molecule has 1 aromatic carbocycles. The van der Waals surface area contributed by atoms with Gasteiger partial charge in [0.25, 0.3) is 0 Å². The minimum atomic E-state index is -0.181. The first-order valence-electron chi connectivity index (χ1n) is 8.35. The Balaban J connectivity index is 1.59. The highest BCUT2D eigenvalue weighted by atomic mass is 79.9. The molecule has 3 fully saturated rings. The average Bonchev–Trinajstić information content (AvgIpc) is 3.22. The predicted molar refractivity (Wildman–Crippen MR) is 91.7 cm³/mol. The number of carbonyl (C=O) groups is 2. The van der Waals surface area contributed by atoms with Gasteiger partial charge in [-0.1, -0.05) is 15.9 Å². The number of nitrogens with one attached hydrogen (secondary N) is 2. The lowest BCUT2D eigenvalue weighted by molar-refractivity contribution is -0.134. The molecule has 23 heavy (non-hydrogen) atoms. The third kappa shape index (κ3) is 2.24. The molecule has 5 heteroatoms. The van der Waals surface area contributed by atoms with Crippen molar-refractivity contribution in [3.8, 4) is 0 Å². The monoisotopic (exact) mass is 376 g/mol. The van der Waals surface area contributed by atoms with Crippen LogP contribution in [0.1, 0.15) is 25.7 Å². The van der Waals surface area contributed by atoms with Crippen molar-refractivity contribution >= 4 is 33.4 Å². The maximum absolute atomic E-state index is 12.9. The van der Waals surface area contributed by atoms with Gasteiger partial charge in [-0.15, -0.1) is 0 Å². The number of anilines is 1. The second kappa shape index (κ2) is 5.33. The van der Waals surface area contributed by atoms with Crippen LogP contribution in [0.5, 0.6) is 0 Å². The van der Waals surface area contributed by atoms with E-state index in [1.807, 2.05) is 24.3 Å². The van der Waals surface area contributed by atoms with E-state index in [2.05, 4.69) is 26.6 Å². The molecule has 3 aliphatic rings. The lowest BCUT2D eigenvalue weighted by atomic mass is 9.78. The van der Waals surface area contributed by atoms with Crippen molar-refractivity contribution < 1.29 is 9.59 Å². The van der Waals surface area contributed by atoms with E-state index >= 15 is 0 Å². The molecule has 2 N–H and O–H groups in total. The van der Waals surface area contributed by atoms with Crippen LogP contribution < -0.4 is 10.6 Å². The van der Waals surface area contributed by atoms with E-state index in [1.165, 1.54) is 12.8 Å². The summed E-state index contributed by atoms with van der Waals surface area (Å²) >= 11 is 3.40. The fraction of sp³-hybridized carbons (Fsp3) is 0.556. The topological polar surface area (TPSA) is 58.2 Å². The van der Waals surface area contributed by atoms with Crippen LogP contribution in [0.4, 0.5) is 5.69 Å². The summed E-state index contributed by atoms with van der Waals surface area (Å²) in [6.45, 7) is 0. The lowest BCUT2D eigenvalue weighted by Gasteiger charge is -2.28. The first-order valence-corrected chi connectivity index (χ1v) is 9.14. The van der Waals surface area contributed by atoms with Crippen LogP contribution in [-0.4, -0.2) is 18.9 Å². The molecule has 2 bridgehead atoms. The molecule has 1 aromatic rings. The molecule has 2 amide bonds. The van der Waals surface area contributed by atoms with Gasteiger partial charge in [0.1, 0.15) is 0 Å². The highest BCUT2D eigenvalue weighted by Crippen LogP contribution is 2.74. The molecule has 0 aromatic heterocycles. The summed E-state index contributed by atoms with van der Waals surface area (Å²) in [5, 5.41) is 5.82. The zero-order valence-electron chi connectivity index (χ0n) is 13.1. The molecular formula is C18H21BrN2O2. The highest BCUT2D eigenvalue weighted by molar-refractivity contribution is 9.10. The van der Waals surface area contributed by atoms with Crippen molar-refractivity contribution in [2.45, 2.75) is 25.7 Å². The Bertz CT molecular complexity index is 653. The Morgan fingerprint density at radius 1 is 1.04 bits per heavy atom. The molecule has 4 nitrogen and oxygen atoms in total. The number of amides is 2. The van der Waals surface area contributed by atoms with Gasteiger partial charge in [0.15, 0.2) is 0 Å². The molecule has 0 unspecified atom stereocenters. The van der Waals surface area contributed by atoms with E-state index in [9.17, 15) is 9.59 Å². The van der Waals surface area contributed by atoms with Crippen molar-refractivity contribution in [3.63, 3.8) is 0 Å². The summed E-state index contributed by atoms with van der Waals surface area (Å²) in [5.41, 5.74) is 1.08. The van der Waals surface area contributed by atoms with E-state index in [4.69, 9.17) is 0 Å². The molecule has 122 valence electrons. The van der Waals surface area contributed by atoms with Crippen LogP contribution in [0, 0.1) is 29.1 Å². The van der Waals surface area contributed by atoms with Crippen LogP contribution in [0.2, 0.25) is 0 Å². The molecule has 1 spiro atoms. The van der Waals surface area contributed by atoms with Gasteiger partial charge in [0, 0.05) is 17.2 Å². The fourth-order valence-corrected chi connectivity index (χ4v) is 5.55. The van der Waals surface area contributed by atoms with Crippen LogP contribution >= 0.6 is 15.9 Å². The minimum absolute atomic E-state index is 0.0133. The van der Waals surface area contributed by atoms with Crippen molar-refractivity contribution in [1.29, 1.82) is 0 Å². The Kier molecular flexibility index (Phi) is 3.52. The molecule has 3 aliphatic carbocycles. The smallest absolute Gasteiger partial charge is 0.228 e. The molecule has 0 heterocycles. The van der Waals surface area contributed by atoms with Gasteiger partial charge < -0.3 is 10.6 Å². The second-order valence-corrected chi connectivity index (χ2v) is 8.10. The number of rotatable bonds is 3. The van der Waals surface area contributed by atoms with Gasteiger partial charge in [-0.25, -0.2) is 0 Å². The van der Waals surface area contributed by atoms with Gasteiger partial charge in [-0.3, -0.25) is 9.59 Å². The molecular weight excluding hydrogens is 356 g/mol. The van der Waals surface area contributed by atoms with E-state index in [1.54, 1.807) is 7.05 Å². The summed E-state index contributed by atoms with van der Waals surface area (Å²) in [4.78, 5) is 25.4.